The summed E-state index contributed by atoms with van der Waals surface area (Å²) in [6.45, 7) is 3.07. The summed E-state index contributed by atoms with van der Waals surface area (Å²) in [4.78, 5) is 12.2. The van der Waals surface area contributed by atoms with E-state index in [1.807, 2.05) is 24.3 Å². The van der Waals surface area contributed by atoms with Crippen molar-refractivity contribution in [1.82, 2.24) is 5.32 Å². The van der Waals surface area contributed by atoms with Crippen LogP contribution in [-0.2, 0) is 9.53 Å². The second-order valence-electron chi connectivity index (χ2n) is 5.26. The minimum absolute atomic E-state index is 0.0602. The number of ether oxygens (including phenoxy) is 2. The predicted octanol–water partition coefficient (Wildman–Crippen LogP) is 2.04. The molecule has 1 aromatic rings. The molecule has 1 unspecified atom stereocenters. The van der Waals surface area contributed by atoms with Crippen LogP contribution in [0.15, 0.2) is 24.3 Å². The lowest BCUT2D eigenvalue weighted by atomic mass is 9.99. The third-order valence-electron chi connectivity index (χ3n) is 3.53. The van der Waals surface area contributed by atoms with Crippen LogP contribution in [0.5, 0.6) is 5.75 Å². The number of hydrogen-bond acceptors (Lipinski definition) is 4. The Balaban J connectivity index is 1.83. The molecule has 1 amide bonds. The number of piperidine rings is 1. The van der Waals surface area contributed by atoms with Crippen molar-refractivity contribution >= 4 is 11.6 Å². The Morgan fingerprint density at radius 3 is 3.10 bits per heavy atom. The van der Waals surface area contributed by atoms with Crippen LogP contribution in [-0.4, -0.2) is 39.3 Å². The van der Waals surface area contributed by atoms with Gasteiger partial charge in [0.2, 0.25) is 5.91 Å². The summed E-state index contributed by atoms with van der Waals surface area (Å²) in [6.07, 6.45) is 2.85. The fourth-order valence-corrected chi connectivity index (χ4v) is 2.38. The van der Waals surface area contributed by atoms with Crippen LogP contribution in [0.2, 0.25) is 0 Å². The number of rotatable bonds is 7. The van der Waals surface area contributed by atoms with Gasteiger partial charge in [-0.05, 0) is 31.5 Å². The van der Waals surface area contributed by atoms with E-state index < -0.39 is 0 Å². The summed E-state index contributed by atoms with van der Waals surface area (Å²) >= 11 is 0. The first-order valence-corrected chi connectivity index (χ1v) is 7.53. The highest BCUT2D eigenvalue weighted by atomic mass is 16.5. The molecule has 5 heteroatoms. The van der Waals surface area contributed by atoms with E-state index >= 15 is 0 Å². The Morgan fingerprint density at radius 1 is 1.43 bits per heavy atom. The molecule has 1 atom stereocenters. The third-order valence-corrected chi connectivity index (χ3v) is 3.53. The maximum Gasteiger partial charge on any atom is 0.228 e. The molecule has 0 aromatic heterocycles. The average molecular weight is 292 g/mol. The van der Waals surface area contributed by atoms with Crippen LogP contribution in [0.3, 0.4) is 0 Å². The SMILES string of the molecule is COCCCOc1cccc(NC(=O)C2CCCNC2)c1. The molecule has 2 N–H and O–H groups in total. The summed E-state index contributed by atoms with van der Waals surface area (Å²) in [7, 11) is 1.68. The minimum Gasteiger partial charge on any atom is -0.493 e. The fourth-order valence-electron chi connectivity index (χ4n) is 2.38. The number of nitrogens with one attached hydrogen (secondary N) is 2. The van der Waals surface area contributed by atoms with Gasteiger partial charge < -0.3 is 20.1 Å². The maximum absolute atomic E-state index is 12.2. The fraction of sp³-hybridized carbons (Fsp3) is 0.562. The molecular weight excluding hydrogens is 268 g/mol. The summed E-state index contributed by atoms with van der Waals surface area (Å²) in [5, 5.41) is 6.23. The second-order valence-corrected chi connectivity index (χ2v) is 5.26. The van der Waals surface area contributed by atoms with Gasteiger partial charge in [0.25, 0.3) is 0 Å². The molecule has 116 valence electrons. The van der Waals surface area contributed by atoms with E-state index in [1.54, 1.807) is 7.11 Å². The number of methoxy groups -OCH3 is 1. The van der Waals surface area contributed by atoms with E-state index in [0.29, 0.717) is 13.2 Å². The van der Waals surface area contributed by atoms with Crippen molar-refractivity contribution in [2.24, 2.45) is 5.92 Å². The largest absolute Gasteiger partial charge is 0.493 e. The zero-order chi connectivity index (χ0) is 14.9. The van der Waals surface area contributed by atoms with Crippen molar-refractivity contribution in [1.29, 1.82) is 0 Å². The lowest BCUT2D eigenvalue weighted by Gasteiger charge is -2.22. The van der Waals surface area contributed by atoms with Crippen LogP contribution >= 0.6 is 0 Å². The normalized spacial score (nSPS) is 18.2. The Morgan fingerprint density at radius 2 is 2.33 bits per heavy atom. The van der Waals surface area contributed by atoms with Gasteiger partial charge in [-0.25, -0.2) is 0 Å². The predicted molar refractivity (Wildman–Crippen MR) is 82.7 cm³/mol. The van der Waals surface area contributed by atoms with Gasteiger partial charge >= 0.3 is 0 Å². The highest BCUT2D eigenvalue weighted by Gasteiger charge is 2.20. The first kappa shape index (κ1) is 15.8. The summed E-state index contributed by atoms with van der Waals surface area (Å²) in [6, 6.07) is 7.53. The van der Waals surface area contributed by atoms with Gasteiger partial charge in [-0.15, -0.1) is 0 Å². The second kappa shape index (κ2) is 8.64. The number of carbonyl (C=O) groups excluding carboxylic acids is 1. The number of carbonyl (C=O) groups is 1. The Bertz CT molecular complexity index is 445. The quantitative estimate of drug-likeness (QED) is 0.755. The lowest BCUT2D eigenvalue weighted by molar-refractivity contribution is -0.120. The Kier molecular flexibility index (Phi) is 6.50. The van der Waals surface area contributed by atoms with Gasteiger partial charge in [-0.2, -0.15) is 0 Å². The topological polar surface area (TPSA) is 59.6 Å². The van der Waals surface area contributed by atoms with E-state index in [0.717, 1.165) is 43.8 Å². The van der Waals surface area contributed by atoms with Crippen LogP contribution in [0.4, 0.5) is 5.69 Å². The molecular formula is C16H24N2O3. The van der Waals surface area contributed by atoms with Crippen molar-refractivity contribution in [2.45, 2.75) is 19.3 Å². The highest BCUT2D eigenvalue weighted by molar-refractivity contribution is 5.92. The highest BCUT2D eigenvalue weighted by Crippen LogP contribution is 2.19. The molecule has 0 aliphatic carbocycles. The molecule has 0 radical (unpaired) electrons. The molecule has 0 saturated carbocycles. The van der Waals surface area contributed by atoms with Gasteiger partial charge in [-0.1, -0.05) is 6.07 Å². The van der Waals surface area contributed by atoms with Crippen LogP contribution in [0.25, 0.3) is 0 Å². The molecule has 1 aromatic carbocycles. The molecule has 1 saturated heterocycles. The van der Waals surface area contributed by atoms with E-state index in [4.69, 9.17) is 9.47 Å². The van der Waals surface area contributed by atoms with Gasteiger partial charge in [0.05, 0.1) is 12.5 Å². The average Bonchev–Trinajstić information content (AvgIpc) is 2.53. The Hall–Kier alpha value is -1.59. The van der Waals surface area contributed by atoms with Crippen LogP contribution in [0.1, 0.15) is 19.3 Å². The molecule has 5 nitrogen and oxygen atoms in total. The van der Waals surface area contributed by atoms with E-state index in [1.165, 1.54) is 0 Å². The van der Waals surface area contributed by atoms with Gasteiger partial charge in [0.15, 0.2) is 0 Å². The zero-order valence-corrected chi connectivity index (χ0v) is 12.6. The van der Waals surface area contributed by atoms with Crippen molar-refractivity contribution < 1.29 is 14.3 Å². The molecule has 1 aliphatic rings. The monoisotopic (exact) mass is 292 g/mol. The van der Waals surface area contributed by atoms with Crippen molar-refractivity contribution in [3.05, 3.63) is 24.3 Å². The number of anilines is 1. The standard InChI is InChI=1S/C16H24N2O3/c1-20-9-4-10-21-15-7-2-6-14(11-15)18-16(19)13-5-3-8-17-12-13/h2,6-7,11,13,17H,3-5,8-10,12H2,1H3,(H,18,19). The van der Waals surface area contributed by atoms with E-state index in [2.05, 4.69) is 10.6 Å². The molecule has 1 aliphatic heterocycles. The molecule has 21 heavy (non-hydrogen) atoms. The van der Waals surface area contributed by atoms with Crippen LogP contribution in [0, 0.1) is 5.92 Å². The third kappa shape index (κ3) is 5.36. The maximum atomic E-state index is 12.2. The van der Waals surface area contributed by atoms with Crippen molar-refractivity contribution in [3.8, 4) is 5.75 Å². The smallest absolute Gasteiger partial charge is 0.228 e. The number of benzene rings is 1. The first-order chi connectivity index (χ1) is 10.3. The lowest BCUT2D eigenvalue weighted by Crippen LogP contribution is -2.37. The molecule has 1 heterocycles. The van der Waals surface area contributed by atoms with Gasteiger partial charge in [-0.3, -0.25) is 4.79 Å². The molecule has 1 fully saturated rings. The summed E-state index contributed by atoms with van der Waals surface area (Å²) in [5.41, 5.74) is 0.787. The van der Waals surface area contributed by atoms with Crippen molar-refractivity contribution in [2.75, 3.05) is 38.7 Å². The first-order valence-electron chi connectivity index (χ1n) is 7.53. The van der Waals surface area contributed by atoms with E-state index in [9.17, 15) is 4.79 Å². The van der Waals surface area contributed by atoms with E-state index in [-0.39, 0.29) is 11.8 Å². The van der Waals surface area contributed by atoms with Crippen LogP contribution < -0.4 is 15.4 Å². The Labute approximate surface area is 126 Å². The molecule has 0 spiro atoms. The summed E-state index contributed by atoms with van der Waals surface area (Å²) < 4.78 is 10.6. The zero-order valence-electron chi connectivity index (χ0n) is 12.6. The minimum atomic E-state index is 0.0602. The van der Waals surface area contributed by atoms with Crippen molar-refractivity contribution in [3.63, 3.8) is 0 Å². The van der Waals surface area contributed by atoms with Gasteiger partial charge in [0.1, 0.15) is 5.75 Å². The summed E-state index contributed by atoms with van der Waals surface area (Å²) in [5.74, 6) is 0.912. The molecule has 2 rings (SSSR count). The molecule has 0 bridgehead atoms. The van der Waals surface area contributed by atoms with Gasteiger partial charge in [0, 0.05) is 38.4 Å². The number of amides is 1. The number of hydrogen-bond donors (Lipinski definition) is 2.